The number of alkyl halides is 1. The number of fused-ring (bicyclic) bond motifs is 10. The largest absolute Gasteiger partial charge is 0.0966 e. The van der Waals surface area contributed by atoms with Gasteiger partial charge in [0, 0.05) is 10.8 Å². The summed E-state index contributed by atoms with van der Waals surface area (Å²) in [5.41, 5.74) is 18.7. The lowest BCUT2D eigenvalue weighted by Crippen LogP contribution is -2.26. The Hall–Kier alpha value is -3.68. The maximum Gasteiger partial charge on any atom is 0.0215 e. The van der Waals surface area contributed by atoms with Crippen molar-refractivity contribution < 1.29 is 0 Å². The van der Waals surface area contributed by atoms with Gasteiger partial charge in [0.15, 0.2) is 0 Å². The third-order valence-electron chi connectivity index (χ3n) is 17.3. The van der Waals surface area contributed by atoms with Gasteiger partial charge in [0.2, 0.25) is 0 Å². The van der Waals surface area contributed by atoms with Gasteiger partial charge in [0.25, 0.3) is 0 Å². The van der Waals surface area contributed by atoms with Gasteiger partial charge in [-0.1, -0.05) is 306 Å². The molecule has 0 saturated carbocycles. The lowest BCUT2D eigenvalue weighted by Gasteiger charge is -2.33. The van der Waals surface area contributed by atoms with E-state index in [0.717, 1.165) is 0 Å². The zero-order valence-electron chi connectivity index (χ0n) is 47.4. The second-order valence-corrected chi connectivity index (χ2v) is 22.7. The normalized spacial score (nSPS) is 13.5. The lowest BCUT2D eigenvalue weighted by atomic mass is 9.70. The zero-order valence-corrected chi connectivity index (χ0v) is 49.0. The molecule has 0 radical (unpaired) electrons. The fraction of sp³-hybridized carbons (Fsp3) is 0.549. The van der Waals surface area contributed by atoms with E-state index in [0.29, 0.717) is 0 Å². The second kappa shape index (κ2) is 29.4. The van der Waals surface area contributed by atoms with Gasteiger partial charge in [-0.2, -0.15) is 0 Å². The molecule has 0 bridgehead atoms. The molecule has 0 heterocycles. The number of benzene rings is 6. The van der Waals surface area contributed by atoms with Crippen molar-refractivity contribution in [3.63, 3.8) is 0 Å². The van der Waals surface area contributed by atoms with Gasteiger partial charge < -0.3 is 0 Å². The minimum atomic E-state index is 0.182. The molecule has 0 fully saturated rings. The number of halogens is 1. The van der Waals surface area contributed by atoms with Crippen LogP contribution in [0.5, 0.6) is 0 Å². The van der Waals surface area contributed by atoms with Crippen LogP contribution in [0.25, 0.3) is 43.8 Å². The molecule has 6 aromatic carbocycles. The molecular weight excluding hydrogens is 933 g/mol. The van der Waals surface area contributed by atoms with Crippen molar-refractivity contribution in [3.8, 4) is 22.3 Å². The summed E-state index contributed by atoms with van der Waals surface area (Å²) in [6.07, 6.45) is 38.1. The van der Waals surface area contributed by atoms with Crippen LogP contribution < -0.4 is 0 Å². The molecule has 0 aliphatic heterocycles. The van der Waals surface area contributed by atoms with E-state index in [9.17, 15) is 0 Å². The van der Waals surface area contributed by atoms with Crippen molar-refractivity contribution in [2.75, 3.05) is 5.83 Å². The molecule has 0 aromatic heterocycles. The van der Waals surface area contributed by atoms with Crippen LogP contribution >= 0.6 is 15.9 Å². The minimum absolute atomic E-state index is 0.182. The maximum atomic E-state index is 2.94. The van der Waals surface area contributed by atoms with Crippen molar-refractivity contribution in [3.05, 3.63) is 142 Å². The van der Waals surface area contributed by atoms with Crippen molar-refractivity contribution in [2.24, 2.45) is 0 Å². The van der Waals surface area contributed by atoms with E-state index in [1.165, 1.54) is 246 Å². The van der Waals surface area contributed by atoms with Gasteiger partial charge in [-0.05, 0) is 136 Å². The number of unbranched alkanes of at least 4 members (excludes halogenated alkanes) is 20. The fourth-order valence-electron chi connectivity index (χ4n) is 13.4. The molecule has 390 valence electrons. The summed E-state index contributed by atoms with van der Waals surface area (Å²) in [7, 11) is 0. The van der Waals surface area contributed by atoms with E-state index in [1.807, 2.05) is 5.83 Å². The van der Waals surface area contributed by atoms with E-state index in [2.05, 4.69) is 168 Å². The predicted molar refractivity (Wildman–Crippen MR) is 326 cm³/mol. The topological polar surface area (TPSA) is 0 Å². The summed E-state index contributed by atoms with van der Waals surface area (Å²) >= 11 is 2.94. The molecular formula is C71H99Br. The third-order valence-corrected chi connectivity index (χ3v) is 17.3. The number of hydrogen-bond donors (Lipinski definition) is 0. The van der Waals surface area contributed by atoms with Gasteiger partial charge in [0.1, 0.15) is 0 Å². The summed E-state index contributed by atoms with van der Waals surface area (Å²) in [6.45, 7) is 18.5. The first kappa shape index (κ1) is 57.6. The molecule has 1 heteroatoms. The molecule has 0 N–H and O–H groups in total. The summed E-state index contributed by atoms with van der Waals surface area (Å²) < 4.78 is 0. The summed E-state index contributed by atoms with van der Waals surface area (Å²) in [5.74, 6) is 1.81. The Morgan fingerprint density at radius 1 is 0.306 bits per heavy atom. The van der Waals surface area contributed by atoms with E-state index >= 15 is 0 Å². The van der Waals surface area contributed by atoms with E-state index in [1.54, 1.807) is 22.3 Å². The average Bonchev–Trinajstić information content (AvgIpc) is 3.81. The van der Waals surface area contributed by atoms with Crippen LogP contribution in [0.1, 0.15) is 252 Å². The van der Waals surface area contributed by atoms with Gasteiger partial charge in [-0.3, -0.25) is 0 Å². The van der Waals surface area contributed by atoms with Crippen LogP contribution in [0, 0.1) is 27.7 Å². The van der Waals surface area contributed by atoms with Crippen molar-refractivity contribution >= 4 is 37.5 Å². The molecule has 2 aliphatic rings. The monoisotopic (exact) mass is 1030 g/mol. The molecule has 72 heavy (non-hydrogen) atoms. The predicted octanol–water partition coefficient (Wildman–Crippen LogP) is 23.5. The van der Waals surface area contributed by atoms with Crippen LogP contribution in [-0.2, 0) is 10.8 Å². The van der Waals surface area contributed by atoms with E-state index < -0.39 is 0 Å². The van der Waals surface area contributed by atoms with E-state index in [4.69, 9.17) is 0 Å². The molecule has 0 unspecified atom stereocenters. The Bertz CT molecular complexity index is 2360. The van der Waals surface area contributed by atoms with Crippen molar-refractivity contribution in [1.82, 2.24) is 0 Å². The Labute approximate surface area is 450 Å². The Morgan fingerprint density at radius 3 is 0.889 bits per heavy atom. The highest BCUT2D eigenvalue weighted by Gasteiger charge is 2.44. The zero-order chi connectivity index (χ0) is 51.4. The first-order chi connectivity index (χ1) is 35.2. The SMILES string of the molecule is CBr.CCCCCCCCC1(CCCCCCCC)c2cc(C)ccc2-c2c1cc(C)c1ccccc21.CCCCCCCCC1(CCCCCCCC)c2cc(C)ccc2-c2c1cc(C)c1ccccc21. The van der Waals surface area contributed by atoms with Crippen molar-refractivity contribution in [2.45, 2.75) is 246 Å². The standard InChI is InChI=1S/2C35H48.CH3Br/c2*1-5-7-9-11-13-17-23-35(24-18-14-12-10-8-6-2)32-25-27(3)21-22-31(32)34-30-20-16-15-19-29(30)28(4)26-33(34)35;1-2/h2*15-16,19-22,25-26H,5-14,17-18,23-24H2,1-4H3;1H3. The Balaban J connectivity index is 0.000000228. The fourth-order valence-corrected chi connectivity index (χ4v) is 13.4. The molecule has 8 rings (SSSR count). The molecule has 0 amide bonds. The number of rotatable bonds is 28. The molecule has 0 spiro atoms. The lowest BCUT2D eigenvalue weighted by molar-refractivity contribution is 0.397. The molecule has 0 nitrogen and oxygen atoms in total. The molecule has 2 aliphatic carbocycles. The smallest absolute Gasteiger partial charge is 0.0215 e. The molecule has 0 saturated heterocycles. The van der Waals surface area contributed by atoms with Crippen molar-refractivity contribution in [1.29, 1.82) is 0 Å². The number of aryl methyl sites for hydroxylation is 4. The summed E-state index contributed by atoms with van der Waals surface area (Å²) in [6, 6.07) is 38.1. The minimum Gasteiger partial charge on any atom is -0.0966 e. The molecule has 6 aromatic rings. The second-order valence-electron chi connectivity index (χ2n) is 22.7. The maximum absolute atomic E-state index is 2.94. The van der Waals surface area contributed by atoms with Crippen LogP contribution in [-0.4, -0.2) is 5.83 Å². The Kier molecular flexibility index (Phi) is 23.5. The highest BCUT2D eigenvalue weighted by atomic mass is 79.9. The molecule has 0 atom stereocenters. The highest BCUT2D eigenvalue weighted by Crippen LogP contribution is 2.58. The summed E-state index contributed by atoms with van der Waals surface area (Å²) in [4.78, 5) is 0. The van der Waals surface area contributed by atoms with Crippen LogP contribution in [0.3, 0.4) is 0 Å². The van der Waals surface area contributed by atoms with E-state index in [-0.39, 0.29) is 10.8 Å². The van der Waals surface area contributed by atoms with Crippen LogP contribution in [0.4, 0.5) is 0 Å². The van der Waals surface area contributed by atoms with Gasteiger partial charge >= 0.3 is 0 Å². The first-order valence-corrected chi connectivity index (χ1v) is 31.5. The average molecular weight is 1030 g/mol. The third kappa shape index (κ3) is 13.6. The first-order valence-electron chi connectivity index (χ1n) is 29.9. The Morgan fingerprint density at radius 2 is 0.583 bits per heavy atom. The van der Waals surface area contributed by atoms with Gasteiger partial charge in [-0.25, -0.2) is 0 Å². The highest BCUT2D eigenvalue weighted by molar-refractivity contribution is 9.08. The summed E-state index contributed by atoms with van der Waals surface area (Å²) in [5, 5.41) is 5.76. The number of hydrogen-bond acceptors (Lipinski definition) is 0. The quantitative estimate of drug-likeness (QED) is 0.0339. The van der Waals surface area contributed by atoms with Gasteiger partial charge in [-0.15, -0.1) is 0 Å². The van der Waals surface area contributed by atoms with Crippen LogP contribution in [0.15, 0.2) is 97.1 Å². The van der Waals surface area contributed by atoms with Crippen LogP contribution in [0.2, 0.25) is 0 Å². The van der Waals surface area contributed by atoms with Gasteiger partial charge in [0.05, 0.1) is 0 Å².